The number of aromatic nitrogens is 2. The molecule has 3 heterocycles. The van der Waals surface area contributed by atoms with Crippen molar-refractivity contribution in [3.8, 4) is 0 Å². The molecule has 1 saturated heterocycles. The van der Waals surface area contributed by atoms with E-state index in [4.69, 9.17) is 0 Å². The highest BCUT2D eigenvalue weighted by molar-refractivity contribution is 7.20. The van der Waals surface area contributed by atoms with E-state index in [0.29, 0.717) is 6.54 Å². The standard InChI is InChI=1S/C22H31N5OS/c1-3-26-11-13-27(14-12-26)20-18-16(2)19(29-22(18)25-15-24-20)21(28)23-10-9-17-7-5-4-6-8-17/h7,15H,3-6,8-14H2,1-2H3,(H,23,28). The second kappa shape index (κ2) is 9.22. The number of allylic oxidation sites excluding steroid dienone is 1. The predicted octanol–water partition coefficient (Wildman–Crippen LogP) is 3.76. The van der Waals surface area contributed by atoms with Gasteiger partial charge < -0.3 is 15.1 Å². The zero-order chi connectivity index (χ0) is 20.2. The summed E-state index contributed by atoms with van der Waals surface area (Å²) in [5.41, 5.74) is 2.50. The lowest BCUT2D eigenvalue weighted by Gasteiger charge is -2.35. The number of nitrogens with one attached hydrogen (secondary N) is 1. The summed E-state index contributed by atoms with van der Waals surface area (Å²) in [5, 5.41) is 4.17. The van der Waals surface area contributed by atoms with Gasteiger partial charge in [0.05, 0.1) is 10.3 Å². The van der Waals surface area contributed by atoms with Crippen LogP contribution in [0.25, 0.3) is 10.2 Å². The number of rotatable bonds is 6. The molecule has 156 valence electrons. The Hall–Kier alpha value is -1.99. The Kier molecular flexibility index (Phi) is 6.45. The van der Waals surface area contributed by atoms with Crippen molar-refractivity contribution in [2.75, 3.05) is 44.2 Å². The summed E-state index contributed by atoms with van der Waals surface area (Å²) in [7, 11) is 0. The Morgan fingerprint density at radius 1 is 1.21 bits per heavy atom. The first-order valence-corrected chi connectivity index (χ1v) is 11.7. The largest absolute Gasteiger partial charge is 0.353 e. The average Bonchev–Trinajstić information content (AvgIpc) is 3.11. The van der Waals surface area contributed by atoms with Crippen molar-refractivity contribution in [2.45, 2.75) is 46.0 Å². The number of piperazine rings is 1. The molecule has 0 aromatic carbocycles. The topological polar surface area (TPSA) is 61.4 Å². The van der Waals surface area contributed by atoms with Gasteiger partial charge in [-0.05, 0) is 51.1 Å². The quantitative estimate of drug-likeness (QED) is 0.731. The Labute approximate surface area is 177 Å². The Morgan fingerprint density at radius 2 is 2.03 bits per heavy atom. The molecule has 1 amide bonds. The molecule has 1 fully saturated rings. The highest BCUT2D eigenvalue weighted by Crippen LogP contribution is 2.35. The van der Waals surface area contributed by atoms with Crippen molar-refractivity contribution in [3.63, 3.8) is 0 Å². The summed E-state index contributed by atoms with van der Waals surface area (Å²) in [6, 6.07) is 0. The van der Waals surface area contributed by atoms with Crippen molar-refractivity contribution in [1.82, 2.24) is 20.2 Å². The van der Waals surface area contributed by atoms with Crippen molar-refractivity contribution >= 4 is 33.3 Å². The van der Waals surface area contributed by atoms with Gasteiger partial charge in [-0.1, -0.05) is 18.6 Å². The highest BCUT2D eigenvalue weighted by Gasteiger charge is 2.24. The van der Waals surface area contributed by atoms with Crippen LogP contribution in [-0.2, 0) is 0 Å². The van der Waals surface area contributed by atoms with Crippen LogP contribution in [0.3, 0.4) is 0 Å². The lowest BCUT2D eigenvalue weighted by atomic mass is 9.97. The molecule has 0 unspecified atom stereocenters. The molecule has 0 spiro atoms. The minimum absolute atomic E-state index is 0.0173. The van der Waals surface area contributed by atoms with Gasteiger partial charge in [0.1, 0.15) is 17.0 Å². The molecule has 2 aromatic rings. The van der Waals surface area contributed by atoms with E-state index < -0.39 is 0 Å². The van der Waals surface area contributed by atoms with E-state index in [1.807, 2.05) is 6.92 Å². The minimum atomic E-state index is 0.0173. The van der Waals surface area contributed by atoms with E-state index in [0.717, 1.165) is 65.6 Å². The first kappa shape index (κ1) is 20.3. The minimum Gasteiger partial charge on any atom is -0.353 e. The van der Waals surface area contributed by atoms with E-state index in [-0.39, 0.29) is 5.91 Å². The number of aryl methyl sites for hydroxylation is 1. The van der Waals surface area contributed by atoms with Crippen LogP contribution in [0, 0.1) is 6.92 Å². The van der Waals surface area contributed by atoms with E-state index in [1.54, 1.807) is 6.33 Å². The normalized spacial score (nSPS) is 18.1. The first-order valence-electron chi connectivity index (χ1n) is 10.8. The third kappa shape index (κ3) is 4.46. The molecule has 7 heteroatoms. The highest BCUT2D eigenvalue weighted by atomic mass is 32.1. The number of carbonyl (C=O) groups excluding carboxylic acids is 1. The van der Waals surface area contributed by atoms with E-state index in [9.17, 15) is 4.79 Å². The van der Waals surface area contributed by atoms with Crippen LogP contribution in [0.1, 0.15) is 54.3 Å². The molecule has 6 nitrogen and oxygen atoms in total. The van der Waals surface area contributed by atoms with Gasteiger partial charge in [0.15, 0.2) is 0 Å². The molecule has 1 aliphatic carbocycles. The zero-order valence-corrected chi connectivity index (χ0v) is 18.4. The second-order valence-electron chi connectivity index (χ2n) is 7.97. The lowest BCUT2D eigenvalue weighted by molar-refractivity contribution is 0.0957. The number of thiophene rings is 1. The van der Waals surface area contributed by atoms with Gasteiger partial charge in [-0.3, -0.25) is 4.79 Å². The maximum atomic E-state index is 12.9. The molecule has 2 aliphatic rings. The van der Waals surface area contributed by atoms with Crippen LogP contribution in [-0.4, -0.2) is 60.0 Å². The summed E-state index contributed by atoms with van der Waals surface area (Å²) < 4.78 is 0. The molecule has 4 rings (SSSR count). The third-order valence-corrected chi connectivity index (χ3v) is 7.35. The van der Waals surface area contributed by atoms with Crippen molar-refractivity contribution in [3.05, 3.63) is 28.4 Å². The number of hydrogen-bond donors (Lipinski definition) is 1. The maximum absolute atomic E-state index is 12.9. The number of carbonyl (C=O) groups is 1. The summed E-state index contributed by atoms with van der Waals surface area (Å²) in [6.45, 7) is 10.1. The fourth-order valence-electron chi connectivity index (χ4n) is 4.33. The smallest absolute Gasteiger partial charge is 0.261 e. The Bertz CT molecular complexity index is 898. The summed E-state index contributed by atoms with van der Waals surface area (Å²) >= 11 is 1.49. The fourth-order valence-corrected chi connectivity index (χ4v) is 5.39. The number of likely N-dealkylation sites (N-methyl/N-ethyl adjacent to an activating group) is 1. The molecule has 0 bridgehead atoms. The molecule has 29 heavy (non-hydrogen) atoms. The summed E-state index contributed by atoms with van der Waals surface area (Å²) in [5.74, 6) is 0.995. The maximum Gasteiger partial charge on any atom is 0.261 e. The van der Waals surface area contributed by atoms with Gasteiger partial charge in [-0.25, -0.2) is 9.97 Å². The molecule has 1 aliphatic heterocycles. The van der Waals surface area contributed by atoms with Crippen LogP contribution in [0.15, 0.2) is 18.0 Å². The van der Waals surface area contributed by atoms with E-state index in [2.05, 4.69) is 38.1 Å². The van der Waals surface area contributed by atoms with E-state index in [1.165, 1.54) is 42.6 Å². The number of hydrogen-bond acceptors (Lipinski definition) is 6. The molecule has 0 saturated carbocycles. The number of fused-ring (bicyclic) bond motifs is 1. The van der Waals surface area contributed by atoms with Crippen LogP contribution in [0.2, 0.25) is 0 Å². The van der Waals surface area contributed by atoms with Gasteiger partial charge in [0.25, 0.3) is 5.91 Å². The fraction of sp³-hybridized carbons (Fsp3) is 0.591. The molecule has 1 N–H and O–H groups in total. The predicted molar refractivity (Wildman–Crippen MR) is 120 cm³/mol. The van der Waals surface area contributed by atoms with E-state index >= 15 is 0 Å². The number of nitrogens with zero attached hydrogens (tertiary/aromatic N) is 4. The van der Waals surface area contributed by atoms with Crippen LogP contribution >= 0.6 is 11.3 Å². The molecule has 0 radical (unpaired) electrons. The lowest BCUT2D eigenvalue weighted by Crippen LogP contribution is -2.46. The van der Waals surface area contributed by atoms with Crippen molar-refractivity contribution in [1.29, 1.82) is 0 Å². The molecule has 0 atom stereocenters. The molecular formula is C22H31N5OS. The Balaban J connectivity index is 1.48. The van der Waals surface area contributed by atoms with Crippen molar-refractivity contribution in [2.24, 2.45) is 0 Å². The first-order chi connectivity index (χ1) is 14.2. The van der Waals surface area contributed by atoms with Crippen LogP contribution in [0.4, 0.5) is 5.82 Å². The van der Waals surface area contributed by atoms with Crippen LogP contribution in [0.5, 0.6) is 0 Å². The molecular weight excluding hydrogens is 382 g/mol. The second-order valence-corrected chi connectivity index (χ2v) is 8.97. The zero-order valence-electron chi connectivity index (χ0n) is 17.5. The SMILES string of the molecule is CCN1CCN(c2ncnc3sc(C(=O)NCCC4=CCCCC4)c(C)c23)CC1. The van der Waals surface area contributed by atoms with Gasteiger partial charge in [-0.15, -0.1) is 11.3 Å². The third-order valence-electron chi connectivity index (χ3n) is 6.15. The number of anilines is 1. The van der Waals surface area contributed by atoms with Gasteiger partial charge >= 0.3 is 0 Å². The molecule has 2 aromatic heterocycles. The van der Waals surface area contributed by atoms with Gasteiger partial charge in [0, 0.05) is 32.7 Å². The monoisotopic (exact) mass is 413 g/mol. The summed E-state index contributed by atoms with van der Waals surface area (Å²) in [6.07, 6.45) is 9.89. The number of amides is 1. The summed E-state index contributed by atoms with van der Waals surface area (Å²) in [4.78, 5) is 28.4. The van der Waals surface area contributed by atoms with Crippen LogP contribution < -0.4 is 10.2 Å². The Morgan fingerprint density at radius 3 is 2.76 bits per heavy atom. The average molecular weight is 414 g/mol. The van der Waals surface area contributed by atoms with Gasteiger partial charge in [0.2, 0.25) is 0 Å². The van der Waals surface area contributed by atoms with Crippen molar-refractivity contribution < 1.29 is 4.79 Å². The van der Waals surface area contributed by atoms with Gasteiger partial charge in [-0.2, -0.15) is 0 Å².